The molecule has 4 rings (SSSR count). The van der Waals surface area contributed by atoms with Crippen LogP contribution in [0, 0.1) is 0 Å². The number of hydrogen-bond donors (Lipinski definition) is 2. The van der Waals surface area contributed by atoms with Gasteiger partial charge in [0.05, 0.1) is 0 Å². The number of amides is 2. The fraction of sp³-hybridized carbons (Fsp3) is 0.500. The molecular weight excluding hydrogens is 314 g/mol. The van der Waals surface area contributed by atoms with E-state index in [1.807, 2.05) is 30.0 Å². The largest absolute Gasteiger partial charge is 0.358 e. The maximum absolute atomic E-state index is 12.6. The standard InChI is InChI=1S/C20H25N3O2/c1-13(12-23-10-4-7-19(23)24)21-20(25)14-8-9-18-16(11-14)15-5-2-3-6-17(15)22-18/h8-9,11,13,22H,2-7,10,12H2,1H3,(H,21,25)/t13-/m0/s1. The zero-order valence-electron chi connectivity index (χ0n) is 14.7. The van der Waals surface area contributed by atoms with Crippen LogP contribution in [-0.2, 0) is 17.6 Å². The van der Waals surface area contributed by atoms with Crippen LogP contribution < -0.4 is 5.32 Å². The van der Waals surface area contributed by atoms with E-state index in [-0.39, 0.29) is 17.9 Å². The van der Waals surface area contributed by atoms with Crippen LogP contribution >= 0.6 is 0 Å². The van der Waals surface area contributed by atoms with Crippen molar-refractivity contribution in [2.75, 3.05) is 13.1 Å². The lowest BCUT2D eigenvalue weighted by molar-refractivity contribution is -0.127. The molecule has 1 fully saturated rings. The molecule has 2 aromatic rings. The van der Waals surface area contributed by atoms with Crippen LogP contribution in [0.3, 0.4) is 0 Å². The highest BCUT2D eigenvalue weighted by molar-refractivity contribution is 5.99. The van der Waals surface area contributed by atoms with Crippen molar-refractivity contribution in [1.82, 2.24) is 15.2 Å². The van der Waals surface area contributed by atoms with E-state index >= 15 is 0 Å². The zero-order valence-corrected chi connectivity index (χ0v) is 14.7. The summed E-state index contributed by atoms with van der Waals surface area (Å²) in [7, 11) is 0. The minimum atomic E-state index is -0.0631. The Kier molecular flexibility index (Phi) is 4.24. The second-order valence-electron chi connectivity index (χ2n) is 7.37. The lowest BCUT2D eigenvalue weighted by Crippen LogP contribution is -2.42. The van der Waals surface area contributed by atoms with Gasteiger partial charge in [-0.15, -0.1) is 0 Å². The molecule has 25 heavy (non-hydrogen) atoms. The van der Waals surface area contributed by atoms with Gasteiger partial charge in [-0.25, -0.2) is 0 Å². The molecule has 1 atom stereocenters. The quantitative estimate of drug-likeness (QED) is 0.899. The molecule has 2 aliphatic rings. The molecule has 2 heterocycles. The molecular formula is C20H25N3O2. The van der Waals surface area contributed by atoms with E-state index in [2.05, 4.69) is 10.3 Å². The van der Waals surface area contributed by atoms with E-state index in [0.29, 0.717) is 18.5 Å². The van der Waals surface area contributed by atoms with Gasteiger partial charge in [-0.05, 0) is 62.8 Å². The molecule has 1 aromatic carbocycles. The van der Waals surface area contributed by atoms with Gasteiger partial charge in [0.2, 0.25) is 5.91 Å². The Hall–Kier alpha value is -2.30. The first-order valence-electron chi connectivity index (χ1n) is 9.34. The topological polar surface area (TPSA) is 65.2 Å². The number of aromatic nitrogens is 1. The van der Waals surface area contributed by atoms with Crippen molar-refractivity contribution in [2.45, 2.75) is 51.5 Å². The van der Waals surface area contributed by atoms with Gasteiger partial charge >= 0.3 is 0 Å². The van der Waals surface area contributed by atoms with Gasteiger partial charge in [-0.3, -0.25) is 9.59 Å². The summed E-state index contributed by atoms with van der Waals surface area (Å²) in [6.45, 7) is 3.35. The van der Waals surface area contributed by atoms with Gasteiger partial charge in [0.25, 0.3) is 5.91 Å². The first kappa shape index (κ1) is 16.2. The van der Waals surface area contributed by atoms with Gasteiger partial charge in [0, 0.05) is 47.7 Å². The summed E-state index contributed by atoms with van der Waals surface area (Å²) in [5.74, 6) is 0.133. The first-order valence-corrected chi connectivity index (χ1v) is 9.34. The van der Waals surface area contributed by atoms with Crippen LogP contribution in [0.15, 0.2) is 18.2 Å². The number of aryl methyl sites for hydroxylation is 2. The zero-order chi connectivity index (χ0) is 17.4. The molecule has 0 saturated carbocycles. The average molecular weight is 339 g/mol. The first-order chi connectivity index (χ1) is 12.1. The number of nitrogens with one attached hydrogen (secondary N) is 2. The number of rotatable bonds is 4. The molecule has 1 saturated heterocycles. The molecule has 2 N–H and O–H groups in total. The maximum Gasteiger partial charge on any atom is 0.251 e. The Morgan fingerprint density at radius 3 is 2.88 bits per heavy atom. The highest BCUT2D eigenvalue weighted by Gasteiger charge is 2.23. The lowest BCUT2D eigenvalue weighted by Gasteiger charge is -2.21. The number of hydrogen-bond acceptors (Lipinski definition) is 2. The molecule has 0 spiro atoms. The third kappa shape index (κ3) is 3.15. The minimum Gasteiger partial charge on any atom is -0.358 e. The van der Waals surface area contributed by atoms with Crippen molar-refractivity contribution < 1.29 is 9.59 Å². The predicted octanol–water partition coefficient (Wildman–Crippen LogP) is 2.79. The van der Waals surface area contributed by atoms with E-state index in [4.69, 9.17) is 0 Å². The molecule has 2 amide bonds. The van der Waals surface area contributed by atoms with Gasteiger partial charge in [-0.1, -0.05) is 0 Å². The Morgan fingerprint density at radius 2 is 2.08 bits per heavy atom. The summed E-state index contributed by atoms with van der Waals surface area (Å²) in [4.78, 5) is 29.7. The lowest BCUT2D eigenvalue weighted by atomic mass is 9.95. The molecule has 1 aromatic heterocycles. The molecule has 0 bridgehead atoms. The van der Waals surface area contributed by atoms with Crippen LogP contribution in [0.25, 0.3) is 10.9 Å². The summed E-state index contributed by atoms with van der Waals surface area (Å²) >= 11 is 0. The molecule has 0 radical (unpaired) electrons. The fourth-order valence-electron chi connectivity index (χ4n) is 4.13. The van der Waals surface area contributed by atoms with Crippen molar-refractivity contribution in [1.29, 1.82) is 0 Å². The van der Waals surface area contributed by atoms with Crippen molar-refractivity contribution in [3.05, 3.63) is 35.0 Å². The Balaban J connectivity index is 1.48. The SMILES string of the molecule is C[C@@H](CN1CCCC1=O)NC(=O)c1ccc2[nH]c3c(c2c1)CCCC3. The highest BCUT2D eigenvalue weighted by atomic mass is 16.2. The van der Waals surface area contributed by atoms with E-state index in [9.17, 15) is 9.59 Å². The number of H-pyrrole nitrogens is 1. The fourth-order valence-corrected chi connectivity index (χ4v) is 4.13. The number of carbonyl (C=O) groups is 2. The van der Waals surface area contributed by atoms with Crippen molar-refractivity contribution in [3.8, 4) is 0 Å². The van der Waals surface area contributed by atoms with Crippen LogP contribution in [0.4, 0.5) is 0 Å². The molecule has 5 nitrogen and oxygen atoms in total. The van der Waals surface area contributed by atoms with E-state index in [1.54, 1.807) is 0 Å². The summed E-state index contributed by atoms with van der Waals surface area (Å²) in [5.41, 5.74) is 4.53. The van der Waals surface area contributed by atoms with Gasteiger partial charge < -0.3 is 15.2 Å². The van der Waals surface area contributed by atoms with Crippen LogP contribution in [0.1, 0.15) is 54.2 Å². The summed E-state index contributed by atoms with van der Waals surface area (Å²) in [6, 6.07) is 5.86. The number of aromatic amines is 1. The van der Waals surface area contributed by atoms with Crippen LogP contribution in [-0.4, -0.2) is 40.8 Å². The smallest absolute Gasteiger partial charge is 0.251 e. The normalized spacial score (nSPS) is 18.4. The van der Waals surface area contributed by atoms with Crippen LogP contribution in [0.5, 0.6) is 0 Å². The number of fused-ring (bicyclic) bond motifs is 3. The van der Waals surface area contributed by atoms with Gasteiger partial charge in [0.1, 0.15) is 0 Å². The molecule has 5 heteroatoms. The summed E-state index contributed by atoms with van der Waals surface area (Å²) in [6.07, 6.45) is 6.21. The van der Waals surface area contributed by atoms with E-state index in [1.165, 1.54) is 29.5 Å². The number of nitrogens with zero attached hydrogens (tertiary/aromatic N) is 1. The minimum absolute atomic E-state index is 0.0506. The Morgan fingerprint density at radius 1 is 1.24 bits per heavy atom. The van der Waals surface area contributed by atoms with Crippen LogP contribution in [0.2, 0.25) is 0 Å². The highest BCUT2D eigenvalue weighted by Crippen LogP contribution is 2.29. The number of benzene rings is 1. The maximum atomic E-state index is 12.6. The second kappa shape index (κ2) is 6.54. The van der Waals surface area contributed by atoms with E-state index in [0.717, 1.165) is 31.3 Å². The third-order valence-corrected chi connectivity index (χ3v) is 5.40. The Bertz CT molecular complexity index is 824. The third-order valence-electron chi connectivity index (χ3n) is 5.40. The average Bonchev–Trinajstić information content (AvgIpc) is 3.17. The monoisotopic (exact) mass is 339 g/mol. The Labute approximate surface area is 147 Å². The molecule has 132 valence electrons. The van der Waals surface area contributed by atoms with Gasteiger partial charge in [0.15, 0.2) is 0 Å². The van der Waals surface area contributed by atoms with Gasteiger partial charge in [-0.2, -0.15) is 0 Å². The summed E-state index contributed by atoms with van der Waals surface area (Å²) < 4.78 is 0. The van der Waals surface area contributed by atoms with Crippen molar-refractivity contribution in [2.24, 2.45) is 0 Å². The molecule has 1 aliphatic carbocycles. The van der Waals surface area contributed by atoms with Crippen molar-refractivity contribution in [3.63, 3.8) is 0 Å². The molecule has 1 aliphatic heterocycles. The molecule has 0 unspecified atom stereocenters. The summed E-state index contributed by atoms with van der Waals surface area (Å²) in [5, 5.41) is 4.22. The number of likely N-dealkylation sites (tertiary alicyclic amines) is 1. The van der Waals surface area contributed by atoms with E-state index < -0.39 is 0 Å². The number of carbonyl (C=O) groups excluding carboxylic acids is 2. The predicted molar refractivity (Wildman–Crippen MR) is 97.7 cm³/mol. The van der Waals surface area contributed by atoms with Crippen molar-refractivity contribution >= 4 is 22.7 Å². The second-order valence-corrected chi connectivity index (χ2v) is 7.37.